The standard InChI is InChI=1S/C22H34N4O3/c23-18-5-4-17(15-26(16-18)19-6-12-29-13-7-19)22(28)25-10-8-24(9-11-25)20-2-1-3-21(27)14-20/h1-3,14,17-19,27H,4-13,15-16,23H2/t17-,18+/m1/s1. The van der Waals surface area contributed by atoms with Crippen LogP contribution in [-0.2, 0) is 9.53 Å². The lowest BCUT2D eigenvalue weighted by molar-refractivity contribution is -0.136. The van der Waals surface area contributed by atoms with Gasteiger partial charge in [0.05, 0.1) is 5.92 Å². The van der Waals surface area contributed by atoms with Crippen molar-refractivity contribution in [3.8, 4) is 5.75 Å². The fourth-order valence-electron chi connectivity index (χ4n) is 4.94. The maximum Gasteiger partial charge on any atom is 0.227 e. The van der Waals surface area contributed by atoms with E-state index in [9.17, 15) is 9.90 Å². The van der Waals surface area contributed by atoms with E-state index in [-0.39, 0.29) is 23.6 Å². The molecule has 1 aromatic rings. The van der Waals surface area contributed by atoms with E-state index in [0.29, 0.717) is 6.04 Å². The van der Waals surface area contributed by atoms with Crippen LogP contribution in [0, 0.1) is 5.92 Å². The zero-order chi connectivity index (χ0) is 20.2. The van der Waals surface area contributed by atoms with Gasteiger partial charge in [0, 0.05) is 76.3 Å². The van der Waals surface area contributed by atoms with Crippen LogP contribution in [0.1, 0.15) is 25.7 Å². The number of carbonyl (C=O) groups is 1. The number of benzene rings is 1. The van der Waals surface area contributed by atoms with Crippen LogP contribution in [0.15, 0.2) is 24.3 Å². The van der Waals surface area contributed by atoms with Crippen molar-refractivity contribution in [1.82, 2.24) is 9.80 Å². The average molecular weight is 403 g/mol. The Balaban J connectivity index is 1.35. The molecule has 4 rings (SSSR count). The predicted octanol–water partition coefficient (Wildman–Crippen LogP) is 1.26. The van der Waals surface area contributed by atoms with Crippen molar-refractivity contribution in [2.75, 3.05) is 57.4 Å². The number of ether oxygens (including phenoxy) is 1. The lowest BCUT2D eigenvalue weighted by Gasteiger charge is -2.39. The summed E-state index contributed by atoms with van der Waals surface area (Å²) in [5.74, 6) is 0.606. The minimum atomic E-state index is 0.0405. The molecule has 0 unspecified atom stereocenters. The third-order valence-corrected chi connectivity index (χ3v) is 6.65. The molecule has 0 spiro atoms. The van der Waals surface area contributed by atoms with Gasteiger partial charge >= 0.3 is 0 Å². The first kappa shape index (κ1) is 20.4. The SMILES string of the molecule is N[C@H]1CC[C@@H](C(=O)N2CCN(c3cccc(O)c3)CC2)CN(C2CCOCC2)C1. The molecule has 3 aliphatic heterocycles. The monoisotopic (exact) mass is 402 g/mol. The summed E-state index contributed by atoms with van der Waals surface area (Å²) in [6.45, 7) is 6.39. The van der Waals surface area contributed by atoms with E-state index < -0.39 is 0 Å². The molecule has 0 saturated carbocycles. The number of phenols is 1. The van der Waals surface area contributed by atoms with Crippen molar-refractivity contribution in [3.05, 3.63) is 24.3 Å². The fraction of sp³-hybridized carbons (Fsp3) is 0.682. The smallest absolute Gasteiger partial charge is 0.227 e. The molecule has 3 N–H and O–H groups in total. The number of nitrogens with two attached hydrogens (primary N) is 1. The third-order valence-electron chi connectivity index (χ3n) is 6.65. The zero-order valence-electron chi connectivity index (χ0n) is 17.2. The first-order chi connectivity index (χ1) is 14.1. The number of hydrogen-bond acceptors (Lipinski definition) is 6. The number of piperazine rings is 1. The van der Waals surface area contributed by atoms with Gasteiger partial charge in [0.2, 0.25) is 5.91 Å². The maximum atomic E-state index is 13.3. The summed E-state index contributed by atoms with van der Waals surface area (Å²) in [6.07, 6.45) is 3.87. The number of likely N-dealkylation sites (tertiary alicyclic amines) is 1. The van der Waals surface area contributed by atoms with Crippen LogP contribution in [0.5, 0.6) is 5.75 Å². The van der Waals surface area contributed by atoms with Gasteiger partial charge in [-0.2, -0.15) is 0 Å². The minimum absolute atomic E-state index is 0.0405. The first-order valence-electron chi connectivity index (χ1n) is 11.0. The van der Waals surface area contributed by atoms with E-state index in [1.54, 1.807) is 12.1 Å². The molecule has 1 amide bonds. The van der Waals surface area contributed by atoms with Gasteiger partial charge in [-0.1, -0.05) is 6.07 Å². The predicted molar refractivity (Wildman–Crippen MR) is 113 cm³/mol. The second kappa shape index (κ2) is 9.32. The molecule has 7 heteroatoms. The van der Waals surface area contributed by atoms with Crippen molar-refractivity contribution in [3.63, 3.8) is 0 Å². The van der Waals surface area contributed by atoms with Crippen molar-refractivity contribution in [1.29, 1.82) is 0 Å². The molecule has 0 aliphatic carbocycles. The Morgan fingerprint density at radius 3 is 2.52 bits per heavy atom. The van der Waals surface area contributed by atoms with Crippen LogP contribution < -0.4 is 10.6 Å². The quantitative estimate of drug-likeness (QED) is 0.792. The van der Waals surface area contributed by atoms with E-state index in [2.05, 4.69) is 9.80 Å². The second-order valence-corrected chi connectivity index (χ2v) is 8.66. The number of rotatable bonds is 3. The summed E-state index contributed by atoms with van der Waals surface area (Å²) in [6, 6.07) is 7.99. The Hall–Kier alpha value is -1.83. The molecule has 0 aromatic heterocycles. The van der Waals surface area contributed by atoms with Gasteiger partial charge in [-0.05, 0) is 37.8 Å². The molecule has 3 fully saturated rings. The molecule has 0 radical (unpaired) electrons. The Morgan fingerprint density at radius 1 is 1.03 bits per heavy atom. The number of amides is 1. The van der Waals surface area contributed by atoms with Gasteiger partial charge in [-0.25, -0.2) is 0 Å². The second-order valence-electron chi connectivity index (χ2n) is 8.66. The highest BCUT2D eigenvalue weighted by molar-refractivity contribution is 5.79. The lowest BCUT2D eigenvalue weighted by Crippen LogP contribution is -2.52. The molecule has 3 heterocycles. The summed E-state index contributed by atoms with van der Waals surface area (Å²) in [7, 11) is 0. The first-order valence-corrected chi connectivity index (χ1v) is 11.0. The van der Waals surface area contributed by atoms with Crippen molar-refractivity contribution >= 4 is 11.6 Å². The molecule has 160 valence electrons. The molecule has 0 bridgehead atoms. The van der Waals surface area contributed by atoms with Crippen LogP contribution in [0.3, 0.4) is 0 Å². The van der Waals surface area contributed by atoms with Crippen LogP contribution in [0.2, 0.25) is 0 Å². The number of phenolic OH excluding ortho intramolecular Hbond substituents is 1. The Kier molecular flexibility index (Phi) is 6.57. The van der Waals surface area contributed by atoms with Gasteiger partial charge in [0.1, 0.15) is 5.75 Å². The number of carbonyl (C=O) groups excluding carboxylic acids is 1. The summed E-state index contributed by atoms with van der Waals surface area (Å²) in [4.78, 5) is 20.0. The average Bonchev–Trinajstić information content (AvgIpc) is 2.96. The summed E-state index contributed by atoms with van der Waals surface area (Å²) in [5.41, 5.74) is 7.36. The summed E-state index contributed by atoms with van der Waals surface area (Å²) >= 11 is 0. The number of hydrogen-bond donors (Lipinski definition) is 2. The minimum Gasteiger partial charge on any atom is -0.508 e. The fourth-order valence-corrected chi connectivity index (χ4v) is 4.94. The zero-order valence-corrected chi connectivity index (χ0v) is 17.2. The van der Waals surface area contributed by atoms with Crippen molar-refractivity contribution in [2.24, 2.45) is 11.7 Å². The number of nitrogens with zero attached hydrogens (tertiary/aromatic N) is 3. The molecular formula is C22H34N4O3. The highest BCUT2D eigenvalue weighted by Gasteiger charge is 2.34. The third kappa shape index (κ3) is 5.02. The topological polar surface area (TPSA) is 82.3 Å². The Morgan fingerprint density at radius 2 is 1.79 bits per heavy atom. The van der Waals surface area contributed by atoms with E-state index in [0.717, 1.165) is 83.9 Å². The van der Waals surface area contributed by atoms with E-state index >= 15 is 0 Å². The molecule has 1 aromatic carbocycles. The lowest BCUT2D eigenvalue weighted by atomic mass is 9.99. The van der Waals surface area contributed by atoms with Gasteiger partial charge in [-0.3, -0.25) is 9.69 Å². The largest absolute Gasteiger partial charge is 0.508 e. The Labute approximate surface area is 173 Å². The van der Waals surface area contributed by atoms with Crippen LogP contribution in [0.4, 0.5) is 5.69 Å². The van der Waals surface area contributed by atoms with E-state index in [4.69, 9.17) is 10.5 Å². The van der Waals surface area contributed by atoms with E-state index in [1.807, 2.05) is 17.0 Å². The highest BCUT2D eigenvalue weighted by Crippen LogP contribution is 2.25. The van der Waals surface area contributed by atoms with Crippen LogP contribution in [-0.4, -0.2) is 85.4 Å². The van der Waals surface area contributed by atoms with Gasteiger partial charge in [0.15, 0.2) is 0 Å². The number of anilines is 1. The molecule has 3 aliphatic rings. The Bertz CT molecular complexity index is 686. The summed E-state index contributed by atoms with van der Waals surface area (Å²) in [5, 5.41) is 9.72. The highest BCUT2D eigenvalue weighted by atomic mass is 16.5. The normalized spacial score (nSPS) is 27.6. The van der Waals surface area contributed by atoms with E-state index in [1.165, 1.54) is 0 Å². The van der Waals surface area contributed by atoms with Gasteiger partial charge < -0.3 is 25.4 Å². The maximum absolute atomic E-state index is 13.3. The molecular weight excluding hydrogens is 368 g/mol. The molecule has 7 nitrogen and oxygen atoms in total. The van der Waals surface area contributed by atoms with Gasteiger partial charge in [0.25, 0.3) is 0 Å². The molecule has 2 atom stereocenters. The molecule has 3 saturated heterocycles. The van der Waals surface area contributed by atoms with Crippen LogP contribution in [0.25, 0.3) is 0 Å². The molecule has 29 heavy (non-hydrogen) atoms. The van der Waals surface area contributed by atoms with Crippen molar-refractivity contribution in [2.45, 2.75) is 37.8 Å². The van der Waals surface area contributed by atoms with Crippen LogP contribution >= 0.6 is 0 Å². The van der Waals surface area contributed by atoms with Crippen molar-refractivity contribution < 1.29 is 14.6 Å². The van der Waals surface area contributed by atoms with Gasteiger partial charge in [-0.15, -0.1) is 0 Å². The number of aromatic hydroxyl groups is 1. The summed E-state index contributed by atoms with van der Waals surface area (Å²) < 4.78 is 5.52.